The highest BCUT2D eigenvalue weighted by Gasteiger charge is 2.57. The van der Waals surface area contributed by atoms with Crippen molar-refractivity contribution in [1.82, 2.24) is 0 Å². The molecule has 1 aliphatic rings. The second-order valence-electron chi connectivity index (χ2n) is 4.86. The Bertz CT molecular complexity index is 566. The molecule has 0 heterocycles. The number of hydrogen-bond donors (Lipinski definition) is 0. The van der Waals surface area contributed by atoms with E-state index in [1.54, 1.807) is 17.8 Å². The van der Waals surface area contributed by atoms with Gasteiger partial charge in [0.1, 0.15) is 0 Å². The zero-order valence-electron chi connectivity index (χ0n) is 10.4. The summed E-state index contributed by atoms with van der Waals surface area (Å²) in [6.45, 7) is 0. The van der Waals surface area contributed by atoms with Gasteiger partial charge in [0.2, 0.25) is 0 Å². The highest BCUT2D eigenvalue weighted by molar-refractivity contribution is 7.98. The summed E-state index contributed by atoms with van der Waals surface area (Å²) in [7, 11) is 0. The number of alkyl halides is 2. The molecule has 2 aromatic carbocycles. The summed E-state index contributed by atoms with van der Waals surface area (Å²) in [4.78, 5) is 1.06. The summed E-state index contributed by atoms with van der Waals surface area (Å²) in [5.41, 5.74) is 2.01. The molecular formula is C16H14F2S. The number of thioether (sulfide) groups is 1. The minimum absolute atomic E-state index is 0.000193. The van der Waals surface area contributed by atoms with Crippen LogP contribution in [0.25, 0.3) is 0 Å². The van der Waals surface area contributed by atoms with Gasteiger partial charge in [-0.3, -0.25) is 0 Å². The summed E-state index contributed by atoms with van der Waals surface area (Å²) < 4.78 is 26.1. The maximum atomic E-state index is 13.1. The zero-order chi connectivity index (χ0) is 13.3. The third-order valence-electron chi connectivity index (χ3n) is 3.33. The number of rotatable bonds is 4. The molecule has 1 aliphatic carbocycles. The molecule has 19 heavy (non-hydrogen) atoms. The van der Waals surface area contributed by atoms with Crippen LogP contribution in [-0.2, 0) is 5.75 Å². The molecule has 2 aromatic rings. The first kappa shape index (κ1) is 12.7. The van der Waals surface area contributed by atoms with E-state index in [4.69, 9.17) is 0 Å². The van der Waals surface area contributed by atoms with Gasteiger partial charge in [0.25, 0.3) is 5.92 Å². The van der Waals surface area contributed by atoms with Gasteiger partial charge >= 0.3 is 0 Å². The topological polar surface area (TPSA) is 0 Å². The standard InChI is InChI=1S/C16H14F2S/c17-16(18)10-15(16)13-7-4-8-14(9-13)19-11-12-5-2-1-3-6-12/h1-9,15H,10-11H2. The molecule has 1 atom stereocenters. The van der Waals surface area contributed by atoms with Crippen molar-refractivity contribution in [1.29, 1.82) is 0 Å². The Kier molecular flexibility index (Phi) is 3.31. The van der Waals surface area contributed by atoms with Gasteiger partial charge in [0.15, 0.2) is 0 Å². The molecule has 1 fully saturated rings. The molecule has 98 valence electrons. The molecular weight excluding hydrogens is 262 g/mol. The summed E-state index contributed by atoms with van der Waals surface area (Å²) in [6, 6.07) is 17.7. The van der Waals surface area contributed by atoms with E-state index >= 15 is 0 Å². The Labute approximate surface area is 115 Å². The molecule has 0 N–H and O–H groups in total. The molecule has 0 nitrogen and oxygen atoms in total. The Morgan fingerprint density at radius 3 is 2.47 bits per heavy atom. The molecule has 0 bridgehead atoms. The zero-order valence-corrected chi connectivity index (χ0v) is 11.2. The van der Waals surface area contributed by atoms with E-state index in [1.807, 2.05) is 36.4 Å². The van der Waals surface area contributed by atoms with Crippen molar-refractivity contribution in [2.45, 2.75) is 28.9 Å². The summed E-state index contributed by atoms with van der Waals surface area (Å²) in [6.07, 6.45) is -0.000193. The summed E-state index contributed by atoms with van der Waals surface area (Å²) in [5, 5.41) is 0. The molecule has 1 saturated carbocycles. The van der Waals surface area contributed by atoms with Crippen molar-refractivity contribution in [3.63, 3.8) is 0 Å². The smallest absolute Gasteiger partial charge is 0.206 e. The largest absolute Gasteiger partial charge is 0.255 e. The van der Waals surface area contributed by atoms with E-state index in [0.29, 0.717) is 0 Å². The Morgan fingerprint density at radius 2 is 1.79 bits per heavy atom. The SMILES string of the molecule is FC1(F)CC1c1cccc(SCc2ccccc2)c1. The van der Waals surface area contributed by atoms with E-state index in [0.717, 1.165) is 16.2 Å². The van der Waals surface area contributed by atoms with Crippen LogP contribution in [0.5, 0.6) is 0 Å². The van der Waals surface area contributed by atoms with Crippen molar-refractivity contribution in [2.75, 3.05) is 0 Å². The molecule has 0 radical (unpaired) electrons. The van der Waals surface area contributed by atoms with Gasteiger partial charge in [-0.05, 0) is 23.3 Å². The third-order valence-corrected chi connectivity index (χ3v) is 4.40. The number of benzene rings is 2. The van der Waals surface area contributed by atoms with Crippen LogP contribution in [0.2, 0.25) is 0 Å². The van der Waals surface area contributed by atoms with Crippen molar-refractivity contribution < 1.29 is 8.78 Å². The van der Waals surface area contributed by atoms with E-state index in [2.05, 4.69) is 12.1 Å². The van der Waals surface area contributed by atoms with Gasteiger partial charge in [0, 0.05) is 17.1 Å². The van der Waals surface area contributed by atoms with Gasteiger partial charge in [0.05, 0.1) is 5.92 Å². The van der Waals surface area contributed by atoms with E-state index < -0.39 is 11.8 Å². The summed E-state index contributed by atoms with van der Waals surface area (Å²) in [5.74, 6) is -2.18. The van der Waals surface area contributed by atoms with Crippen molar-refractivity contribution in [2.24, 2.45) is 0 Å². The fraction of sp³-hybridized carbons (Fsp3) is 0.250. The fourth-order valence-electron chi connectivity index (χ4n) is 2.14. The summed E-state index contributed by atoms with van der Waals surface area (Å²) >= 11 is 1.69. The lowest BCUT2D eigenvalue weighted by Crippen LogP contribution is -1.92. The van der Waals surface area contributed by atoms with Crippen LogP contribution in [0.15, 0.2) is 59.5 Å². The first-order valence-corrected chi connectivity index (χ1v) is 7.28. The third kappa shape index (κ3) is 2.98. The van der Waals surface area contributed by atoms with E-state index in [1.165, 1.54) is 5.56 Å². The Balaban J connectivity index is 1.67. The highest BCUT2D eigenvalue weighted by Crippen LogP contribution is 2.55. The van der Waals surface area contributed by atoms with Crippen LogP contribution in [0.1, 0.15) is 23.5 Å². The quantitative estimate of drug-likeness (QED) is 0.700. The van der Waals surface area contributed by atoms with Crippen molar-refractivity contribution >= 4 is 11.8 Å². The molecule has 3 rings (SSSR count). The van der Waals surface area contributed by atoms with E-state index in [-0.39, 0.29) is 6.42 Å². The van der Waals surface area contributed by atoms with Crippen LogP contribution in [0.3, 0.4) is 0 Å². The second kappa shape index (κ2) is 4.97. The lowest BCUT2D eigenvalue weighted by Gasteiger charge is -2.05. The van der Waals surface area contributed by atoms with Gasteiger partial charge in [-0.2, -0.15) is 0 Å². The molecule has 1 unspecified atom stereocenters. The van der Waals surface area contributed by atoms with Crippen LogP contribution in [-0.4, -0.2) is 5.92 Å². The lowest BCUT2D eigenvalue weighted by molar-refractivity contribution is 0.112. The Morgan fingerprint density at radius 1 is 1.05 bits per heavy atom. The lowest BCUT2D eigenvalue weighted by atomic mass is 10.1. The van der Waals surface area contributed by atoms with Gasteiger partial charge in [-0.25, -0.2) is 8.78 Å². The van der Waals surface area contributed by atoms with Crippen molar-refractivity contribution in [3.05, 3.63) is 65.7 Å². The first-order valence-electron chi connectivity index (χ1n) is 6.30. The fourth-order valence-corrected chi connectivity index (χ4v) is 3.06. The first-order chi connectivity index (χ1) is 9.15. The highest BCUT2D eigenvalue weighted by atomic mass is 32.2. The predicted molar refractivity (Wildman–Crippen MR) is 74.8 cm³/mol. The number of halogens is 2. The Hall–Kier alpha value is -1.35. The number of hydrogen-bond acceptors (Lipinski definition) is 1. The molecule has 0 saturated heterocycles. The molecule has 0 spiro atoms. The minimum atomic E-state index is -2.48. The van der Waals surface area contributed by atoms with Crippen LogP contribution in [0.4, 0.5) is 8.78 Å². The van der Waals surface area contributed by atoms with Gasteiger partial charge in [-0.1, -0.05) is 42.5 Å². The normalized spacial score (nSPS) is 20.2. The van der Waals surface area contributed by atoms with Crippen LogP contribution >= 0.6 is 11.8 Å². The molecule has 0 aliphatic heterocycles. The second-order valence-corrected chi connectivity index (χ2v) is 5.91. The van der Waals surface area contributed by atoms with Crippen LogP contribution in [0, 0.1) is 0 Å². The average Bonchev–Trinajstić information content (AvgIpc) is 3.07. The van der Waals surface area contributed by atoms with Gasteiger partial charge < -0.3 is 0 Å². The van der Waals surface area contributed by atoms with E-state index in [9.17, 15) is 8.78 Å². The maximum absolute atomic E-state index is 13.1. The minimum Gasteiger partial charge on any atom is -0.206 e. The molecule has 3 heteroatoms. The monoisotopic (exact) mass is 276 g/mol. The van der Waals surface area contributed by atoms with Crippen LogP contribution < -0.4 is 0 Å². The predicted octanol–water partition coefficient (Wildman–Crippen LogP) is 5.10. The maximum Gasteiger partial charge on any atom is 0.255 e. The van der Waals surface area contributed by atoms with Gasteiger partial charge in [-0.15, -0.1) is 11.8 Å². The van der Waals surface area contributed by atoms with Crippen molar-refractivity contribution in [3.8, 4) is 0 Å². The molecule has 0 amide bonds. The average molecular weight is 276 g/mol. The molecule has 0 aromatic heterocycles.